The molecule has 1 rings (SSSR count). The van der Waals surface area contributed by atoms with Crippen LogP contribution in [0.2, 0.25) is 0 Å². The largest absolute Gasteiger partial charge is 1.00 e. The van der Waals surface area contributed by atoms with Crippen LogP contribution in [0, 0.1) is 0 Å². The van der Waals surface area contributed by atoms with Gasteiger partial charge in [-0.1, -0.05) is 30.0 Å². The van der Waals surface area contributed by atoms with Crippen LogP contribution in [-0.2, 0) is 0 Å². The summed E-state index contributed by atoms with van der Waals surface area (Å²) < 4.78 is 1.14. The summed E-state index contributed by atoms with van der Waals surface area (Å²) in [5, 5.41) is 10.1. The molecule has 0 aliphatic heterocycles. The number of hydrogen-bond acceptors (Lipinski definition) is 2. The number of halogens is 1. The number of hydroxylamine groups is 1. The maximum absolute atomic E-state index is 9.24. The smallest absolute Gasteiger partial charge is 0.290 e. The first-order chi connectivity index (χ1) is 5.75. The van der Waals surface area contributed by atoms with Gasteiger partial charge in [-0.2, -0.15) is 0 Å². The number of benzene rings is 1. The standard InChI is InChI=1S/C9H12NOS.HI/c1-10(11)9(12-2)8-6-4-3-5-7-8;/h3-7,11H,1-2H3;1H/q+1;/p-1/b10-9-;. The Bertz CT molecular complexity index is 283. The molecule has 0 saturated carbocycles. The molecule has 4 heteroatoms. The van der Waals surface area contributed by atoms with Crippen molar-refractivity contribution in [3.8, 4) is 0 Å². The van der Waals surface area contributed by atoms with Crippen molar-refractivity contribution in [2.45, 2.75) is 0 Å². The van der Waals surface area contributed by atoms with E-state index in [4.69, 9.17) is 0 Å². The highest BCUT2D eigenvalue weighted by atomic mass is 127. The Labute approximate surface area is 99.6 Å². The molecule has 0 bridgehead atoms. The van der Waals surface area contributed by atoms with Gasteiger partial charge in [0, 0.05) is 0 Å². The third-order valence-electron chi connectivity index (χ3n) is 1.51. The van der Waals surface area contributed by atoms with Gasteiger partial charge in [0.2, 0.25) is 0 Å². The van der Waals surface area contributed by atoms with Crippen LogP contribution in [0.5, 0.6) is 0 Å². The average Bonchev–Trinajstić information content (AvgIpc) is 2.07. The fraction of sp³-hybridized carbons (Fsp3) is 0.222. The van der Waals surface area contributed by atoms with Crippen molar-refractivity contribution in [2.24, 2.45) is 0 Å². The minimum atomic E-state index is 0. The van der Waals surface area contributed by atoms with Gasteiger partial charge in [-0.25, -0.2) is 0 Å². The van der Waals surface area contributed by atoms with Crippen LogP contribution in [0.1, 0.15) is 5.56 Å². The quantitative estimate of drug-likeness (QED) is 0.176. The van der Waals surface area contributed by atoms with E-state index in [1.165, 1.54) is 11.8 Å². The lowest BCUT2D eigenvalue weighted by Crippen LogP contribution is -3.00. The molecule has 0 amide bonds. The van der Waals surface area contributed by atoms with Gasteiger partial charge >= 0.3 is 0 Å². The van der Waals surface area contributed by atoms with E-state index in [0.717, 1.165) is 15.3 Å². The van der Waals surface area contributed by atoms with Crippen molar-refractivity contribution >= 4 is 16.8 Å². The first-order valence-corrected chi connectivity index (χ1v) is 4.87. The Morgan fingerprint density at radius 1 is 1.31 bits per heavy atom. The third-order valence-corrected chi connectivity index (χ3v) is 2.39. The Hall–Kier alpha value is -0.230. The van der Waals surface area contributed by atoms with Crippen LogP contribution in [0.3, 0.4) is 0 Å². The summed E-state index contributed by atoms with van der Waals surface area (Å²) in [6.45, 7) is 0. The number of rotatable bonds is 1. The highest BCUT2D eigenvalue weighted by Crippen LogP contribution is 2.08. The molecule has 0 unspecified atom stereocenters. The lowest BCUT2D eigenvalue weighted by molar-refractivity contribution is -0.752. The molecule has 1 aromatic carbocycles. The van der Waals surface area contributed by atoms with E-state index in [9.17, 15) is 5.21 Å². The molecule has 0 spiro atoms. The normalized spacial score (nSPS) is 11.5. The molecule has 72 valence electrons. The topological polar surface area (TPSA) is 23.2 Å². The predicted molar refractivity (Wildman–Crippen MR) is 52.0 cm³/mol. The summed E-state index contributed by atoms with van der Waals surface area (Å²) in [6, 6.07) is 9.81. The second-order valence-electron chi connectivity index (χ2n) is 2.40. The lowest BCUT2D eigenvalue weighted by Gasteiger charge is -1.96. The summed E-state index contributed by atoms with van der Waals surface area (Å²) in [5.74, 6) is 0. The van der Waals surface area contributed by atoms with Crippen LogP contribution in [0.25, 0.3) is 0 Å². The van der Waals surface area contributed by atoms with Crippen molar-refractivity contribution in [1.82, 2.24) is 0 Å². The number of nitrogens with zero attached hydrogens (tertiary/aromatic N) is 1. The minimum absolute atomic E-state index is 0. The summed E-state index contributed by atoms with van der Waals surface area (Å²) in [7, 11) is 1.62. The molecule has 0 aliphatic carbocycles. The van der Waals surface area contributed by atoms with E-state index >= 15 is 0 Å². The van der Waals surface area contributed by atoms with Gasteiger partial charge in [0.05, 0.1) is 5.56 Å². The SMILES string of the molecule is CS/C(c1ccccc1)=[N+](/C)O.[I-]. The zero-order valence-electron chi connectivity index (χ0n) is 7.57. The maximum Gasteiger partial charge on any atom is 0.290 e. The molecule has 2 nitrogen and oxygen atoms in total. The van der Waals surface area contributed by atoms with E-state index in [1.807, 2.05) is 36.6 Å². The first kappa shape index (κ1) is 12.8. The zero-order chi connectivity index (χ0) is 8.97. The average molecular weight is 309 g/mol. The molecule has 1 N–H and O–H groups in total. The summed E-state index contributed by atoms with van der Waals surface area (Å²) in [6.07, 6.45) is 1.94. The summed E-state index contributed by atoms with van der Waals surface area (Å²) in [5.41, 5.74) is 1.04. The van der Waals surface area contributed by atoms with Gasteiger partial charge in [0.1, 0.15) is 0 Å². The second kappa shape index (κ2) is 6.26. The van der Waals surface area contributed by atoms with Gasteiger partial charge in [-0.3, -0.25) is 5.21 Å². The molecular weight excluding hydrogens is 297 g/mol. The van der Waals surface area contributed by atoms with Gasteiger partial charge in [0.15, 0.2) is 7.05 Å². The molecule has 0 aliphatic rings. The molecule has 0 heterocycles. The predicted octanol–water partition coefficient (Wildman–Crippen LogP) is -1.17. The molecule has 13 heavy (non-hydrogen) atoms. The molecule has 0 atom stereocenters. The van der Waals surface area contributed by atoms with E-state index < -0.39 is 0 Å². The highest BCUT2D eigenvalue weighted by molar-refractivity contribution is 8.13. The van der Waals surface area contributed by atoms with Gasteiger partial charge < -0.3 is 24.0 Å². The monoisotopic (exact) mass is 309 g/mol. The van der Waals surface area contributed by atoms with Crippen LogP contribution in [0.15, 0.2) is 30.3 Å². The lowest BCUT2D eigenvalue weighted by atomic mass is 10.2. The van der Waals surface area contributed by atoms with E-state index in [-0.39, 0.29) is 24.0 Å². The van der Waals surface area contributed by atoms with Crippen LogP contribution < -0.4 is 24.0 Å². The van der Waals surface area contributed by atoms with Crippen LogP contribution in [-0.4, -0.2) is 28.3 Å². The fourth-order valence-corrected chi connectivity index (χ4v) is 1.65. The zero-order valence-corrected chi connectivity index (χ0v) is 10.5. The number of thioether (sulfide) groups is 1. The summed E-state index contributed by atoms with van der Waals surface area (Å²) >= 11 is 1.52. The van der Waals surface area contributed by atoms with Crippen molar-refractivity contribution in [2.75, 3.05) is 13.3 Å². The van der Waals surface area contributed by atoms with E-state index in [0.29, 0.717) is 0 Å². The Kier molecular flexibility index (Phi) is 6.15. The second-order valence-corrected chi connectivity index (χ2v) is 3.19. The highest BCUT2D eigenvalue weighted by Gasteiger charge is 2.11. The Balaban J connectivity index is 0.00000144. The molecule has 0 aromatic heterocycles. The molecule has 0 radical (unpaired) electrons. The fourth-order valence-electron chi connectivity index (χ4n) is 1.02. The maximum atomic E-state index is 9.24. The minimum Gasteiger partial charge on any atom is -1.00 e. The molecule has 0 fully saturated rings. The Morgan fingerprint density at radius 2 is 1.85 bits per heavy atom. The third kappa shape index (κ3) is 3.56. The van der Waals surface area contributed by atoms with Crippen LogP contribution in [0.4, 0.5) is 0 Å². The van der Waals surface area contributed by atoms with Crippen molar-refractivity contribution in [1.29, 1.82) is 0 Å². The van der Waals surface area contributed by atoms with Gasteiger partial charge in [0.25, 0.3) is 5.04 Å². The first-order valence-electron chi connectivity index (χ1n) is 3.64. The van der Waals surface area contributed by atoms with Crippen LogP contribution >= 0.6 is 11.8 Å². The molecule has 0 saturated heterocycles. The molecular formula is C9H12INOS. The van der Waals surface area contributed by atoms with Gasteiger partial charge in [-0.05, 0) is 23.1 Å². The van der Waals surface area contributed by atoms with E-state index in [2.05, 4.69) is 0 Å². The van der Waals surface area contributed by atoms with Gasteiger partial charge in [-0.15, -0.1) is 0 Å². The van der Waals surface area contributed by atoms with Crippen molar-refractivity contribution in [3.05, 3.63) is 35.9 Å². The molecule has 1 aromatic rings. The Morgan fingerprint density at radius 3 is 2.23 bits per heavy atom. The number of hydrogen-bond donors (Lipinski definition) is 1. The summed E-state index contributed by atoms with van der Waals surface area (Å²) in [4.78, 5) is 0. The van der Waals surface area contributed by atoms with E-state index in [1.54, 1.807) is 7.05 Å². The van der Waals surface area contributed by atoms with Crippen molar-refractivity contribution in [3.63, 3.8) is 0 Å². The van der Waals surface area contributed by atoms with Crippen molar-refractivity contribution < 1.29 is 33.9 Å².